The van der Waals surface area contributed by atoms with Crippen LogP contribution in [0.4, 0.5) is 5.69 Å². The number of benzene rings is 1. The summed E-state index contributed by atoms with van der Waals surface area (Å²) in [5, 5.41) is 3.44. The van der Waals surface area contributed by atoms with Crippen LogP contribution in [0.25, 0.3) is 0 Å². The molecule has 2 aliphatic rings. The smallest absolute Gasteiger partial charge is 0.142 e. The Bertz CT molecular complexity index is 413. The molecule has 0 bridgehead atoms. The van der Waals surface area contributed by atoms with Crippen molar-refractivity contribution in [3.05, 3.63) is 23.8 Å². The van der Waals surface area contributed by atoms with Crippen molar-refractivity contribution in [2.24, 2.45) is 0 Å². The van der Waals surface area contributed by atoms with Crippen LogP contribution in [-0.2, 0) is 6.42 Å². The van der Waals surface area contributed by atoms with Crippen LogP contribution in [0.5, 0.6) is 5.75 Å². The minimum Gasteiger partial charge on any atom is -0.487 e. The standard InChI is InChI=1S/C15H22N2O/c1-12-11-16-14-10-13(4-5-15(14)18-12)6-9-17-7-2-3-8-17/h4-5,10,12,16H,2-3,6-9,11H2,1H3. The zero-order chi connectivity index (χ0) is 12.4. The van der Waals surface area contributed by atoms with Gasteiger partial charge in [-0.2, -0.15) is 0 Å². The fraction of sp³-hybridized carbons (Fsp3) is 0.600. The van der Waals surface area contributed by atoms with E-state index in [-0.39, 0.29) is 6.10 Å². The fourth-order valence-corrected chi connectivity index (χ4v) is 2.78. The van der Waals surface area contributed by atoms with E-state index in [9.17, 15) is 0 Å². The van der Waals surface area contributed by atoms with Gasteiger partial charge in [0.15, 0.2) is 0 Å². The molecule has 2 aliphatic heterocycles. The number of nitrogens with one attached hydrogen (secondary N) is 1. The minimum atomic E-state index is 0.271. The quantitative estimate of drug-likeness (QED) is 0.887. The third kappa shape index (κ3) is 2.61. The Balaban J connectivity index is 1.63. The van der Waals surface area contributed by atoms with E-state index < -0.39 is 0 Å². The van der Waals surface area contributed by atoms with Gasteiger partial charge in [0.05, 0.1) is 12.2 Å². The van der Waals surface area contributed by atoms with Gasteiger partial charge in [-0.1, -0.05) is 6.07 Å². The molecule has 1 aromatic carbocycles. The van der Waals surface area contributed by atoms with Crippen LogP contribution in [-0.4, -0.2) is 37.2 Å². The molecular formula is C15H22N2O. The van der Waals surface area contributed by atoms with Crippen LogP contribution >= 0.6 is 0 Å². The van der Waals surface area contributed by atoms with Gasteiger partial charge in [0, 0.05) is 6.54 Å². The largest absolute Gasteiger partial charge is 0.487 e. The molecular weight excluding hydrogens is 224 g/mol. The molecule has 3 heteroatoms. The second kappa shape index (κ2) is 5.19. The van der Waals surface area contributed by atoms with E-state index in [0.29, 0.717) is 0 Å². The third-order valence-corrected chi connectivity index (χ3v) is 3.87. The summed E-state index contributed by atoms with van der Waals surface area (Å²) in [4.78, 5) is 2.56. The first-order valence-electron chi connectivity index (χ1n) is 7.07. The van der Waals surface area contributed by atoms with Crippen molar-refractivity contribution in [2.75, 3.05) is 31.5 Å². The average Bonchev–Trinajstić information content (AvgIpc) is 2.89. The van der Waals surface area contributed by atoms with Crippen molar-refractivity contribution >= 4 is 5.69 Å². The second-order valence-corrected chi connectivity index (χ2v) is 5.44. The molecule has 0 aliphatic carbocycles. The van der Waals surface area contributed by atoms with Gasteiger partial charge in [0.1, 0.15) is 11.9 Å². The predicted molar refractivity (Wildman–Crippen MR) is 74.4 cm³/mol. The van der Waals surface area contributed by atoms with E-state index in [1.54, 1.807) is 0 Å². The Labute approximate surface area is 109 Å². The highest BCUT2D eigenvalue weighted by Crippen LogP contribution is 2.30. The molecule has 2 heterocycles. The summed E-state index contributed by atoms with van der Waals surface area (Å²) in [6.45, 7) is 6.75. The summed E-state index contributed by atoms with van der Waals surface area (Å²) >= 11 is 0. The fourth-order valence-electron chi connectivity index (χ4n) is 2.78. The van der Waals surface area contributed by atoms with Crippen molar-refractivity contribution in [1.82, 2.24) is 4.90 Å². The molecule has 0 amide bonds. The molecule has 18 heavy (non-hydrogen) atoms. The Morgan fingerprint density at radius 2 is 2.17 bits per heavy atom. The lowest BCUT2D eigenvalue weighted by Gasteiger charge is -2.25. The maximum absolute atomic E-state index is 5.79. The molecule has 1 unspecified atom stereocenters. The Morgan fingerprint density at radius 3 is 3.00 bits per heavy atom. The Morgan fingerprint density at radius 1 is 1.33 bits per heavy atom. The maximum Gasteiger partial charge on any atom is 0.142 e. The number of likely N-dealkylation sites (tertiary alicyclic amines) is 1. The van der Waals surface area contributed by atoms with E-state index in [1.165, 1.54) is 38.0 Å². The van der Waals surface area contributed by atoms with E-state index in [2.05, 4.69) is 35.3 Å². The SMILES string of the molecule is CC1CNc2cc(CCN3CCCC3)ccc2O1. The number of ether oxygens (including phenoxy) is 1. The van der Waals surface area contributed by atoms with Crippen LogP contribution in [0.2, 0.25) is 0 Å². The lowest BCUT2D eigenvalue weighted by atomic mass is 10.1. The molecule has 1 atom stereocenters. The van der Waals surface area contributed by atoms with Crippen molar-refractivity contribution < 1.29 is 4.74 Å². The molecule has 0 spiro atoms. The highest BCUT2D eigenvalue weighted by molar-refractivity contribution is 5.59. The molecule has 1 N–H and O–H groups in total. The second-order valence-electron chi connectivity index (χ2n) is 5.44. The van der Waals surface area contributed by atoms with Gasteiger partial charge in [-0.3, -0.25) is 0 Å². The number of rotatable bonds is 3. The summed E-state index contributed by atoms with van der Waals surface area (Å²) in [5.41, 5.74) is 2.57. The van der Waals surface area contributed by atoms with Crippen LogP contribution < -0.4 is 10.1 Å². The van der Waals surface area contributed by atoms with Gasteiger partial charge in [-0.25, -0.2) is 0 Å². The normalized spacial score (nSPS) is 23.3. The van der Waals surface area contributed by atoms with Gasteiger partial charge >= 0.3 is 0 Å². The first-order valence-corrected chi connectivity index (χ1v) is 7.07. The Kier molecular flexibility index (Phi) is 3.41. The molecule has 98 valence electrons. The first kappa shape index (κ1) is 11.8. The van der Waals surface area contributed by atoms with E-state index >= 15 is 0 Å². The predicted octanol–water partition coefficient (Wildman–Crippen LogP) is 2.52. The van der Waals surface area contributed by atoms with Crippen molar-refractivity contribution in [3.8, 4) is 5.75 Å². The van der Waals surface area contributed by atoms with E-state index in [1.807, 2.05) is 0 Å². The average molecular weight is 246 g/mol. The van der Waals surface area contributed by atoms with Crippen LogP contribution in [0, 0.1) is 0 Å². The number of fused-ring (bicyclic) bond motifs is 1. The molecule has 1 aromatic rings. The van der Waals surface area contributed by atoms with Crippen LogP contribution in [0.3, 0.4) is 0 Å². The van der Waals surface area contributed by atoms with Crippen LogP contribution in [0.15, 0.2) is 18.2 Å². The van der Waals surface area contributed by atoms with Crippen molar-refractivity contribution in [2.45, 2.75) is 32.3 Å². The van der Waals surface area contributed by atoms with E-state index in [4.69, 9.17) is 4.74 Å². The summed E-state index contributed by atoms with van der Waals surface area (Å²) in [6.07, 6.45) is 4.16. The highest BCUT2D eigenvalue weighted by atomic mass is 16.5. The monoisotopic (exact) mass is 246 g/mol. The molecule has 0 saturated carbocycles. The highest BCUT2D eigenvalue weighted by Gasteiger charge is 2.16. The Hall–Kier alpha value is -1.22. The van der Waals surface area contributed by atoms with Crippen LogP contribution in [0.1, 0.15) is 25.3 Å². The summed E-state index contributed by atoms with van der Waals surface area (Å²) in [7, 11) is 0. The lowest BCUT2D eigenvalue weighted by Crippen LogP contribution is -2.27. The van der Waals surface area contributed by atoms with Crippen molar-refractivity contribution in [3.63, 3.8) is 0 Å². The van der Waals surface area contributed by atoms with Gasteiger partial charge in [0.2, 0.25) is 0 Å². The number of nitrogens with zero attached hydrogens (tertiary/aromatic N) is 1. The zero-order valence-electron chi connectivity index (χ0n) is 11.1. The topological polar surface area (TPSA) is 24.5 Å². The van der Waals surface area contributed by atoms with Gasteiger partial charge in [-0.15, -0.1) is 0 Å². The first-order chi connectivity index (χ1) is 8.81. The molecule has 0 aromatic heterocycles. The molecule has 1 saturated heterocycles. The molecule has 3 rings (SSSR count). The zero-order valence-corrected chi connectivity index (χ0v) is 11.1. The molecule has 3 nitrogen and oxygen atoms in total. The van der Waals surface area contributed by atoms with Crippen molar-refractivity contribution in [1.29, 1.82) is 0 Å². The number of anilines is 1. The minimum absolute atomic E-state index is 0.271. The summed E-state index contributed by atoms with van der Waals surface area (Å²) in [5.74, 6) is 0.999. The molecule has 1 fully saturated rings. The van der Waals surface area contributed by atoms with Gasteiger partial charge in [-0.05, 0) is 57.0 Å². The molecule has 0 radical (unpaired) electrons. The van der Waals surface area contributed by atoms with Gasteiger partial charge in [0.25, 0.3) is 0 Å². The number of hydrogen-bond donors (Lipinski definition) is 1. The third-order valence-electron chi connectivity index (χ3n) is 3.87. The van der Waals surface area contributed by atoms with Gasteiger partial charge < -0.3 is 15.0 Å². The van der Waals surface area contributed by atoms with E-state index in [0.717, 1.165) is 24.4 Å². The summed E-state index contributed by atoms with van der Waals surface area (Å²) < 4.78 is 5.79. The lowest BCUT2D eigenvalue weighted by molar-refractivity contribution is 0.226. The maximum atomic E-state index is 5.79. The number of hydrogen-bond acceptors (Lipinski definition) is 3. The summed E-state index contributed by atoms with van der Waals surface area (Å²) in [6, 6.07) is 6.56.